The van der Waals surface area contributed by atoms with Crippen molar-refractivity contribution in [1.82, 2.24) is 9.80 Å². The quantitative estimate of drug-likeness (QED) is 0.639. The van der Waals surface area contributed by atoms with Gasteiger partial charge in [0, 0.05) is 49.4 Å². The lowest BCUT2D eigenvalue weighted by atomic mass is 9.85. The van der Waals surface area contributed by atoms with Crippen molar-refractivity contribution in [3.63, 3.8) is 0 Å². The van der Waals surface area contributed by atoms with E-state index in [2.05, 4.69) is 24.8 Å². The molecule has 180 valence electrons. The summed E-state index contributed by atoms with van der Waals surface area (Å²) in [5.41, 5.74) is 3.63. The third-order valence-corrected chi connectivity index (χ3v) is 6.52. The average Bonchev–Trinajstić information content (AvgIpc) is 2.83. The minimum Gasteiger partial charge on any atom is -0.497 e. The lowest BCUT2D eigenvalue weighted by Gasteiger charge is -2.34. The van der Waals surface area contributed by atoms with Gasteiger partial charge < -0.3 is 14.7 Å². The molecule has 0 unspecified atom stereocenters. The van der Waals surface area contributed by atoms with Gasteiger partial charge in [-0.25, -0.2) is 0 Å². The van der Waals surface area contributed by atoms with Crippen LogP contribution in [0.15, 0.2) is 47.5 Å². The summed E-state index contributed by atoms with van der Waals surface area (Å²) >= 11 is 0. The number of aliphatic hydroxyl groups is 1. The molecule has 0 bridgehead atoms. The fourth-order valence-electron chi connectivity index (χ4n) is 4.75. The van der Waals surface area contributed by atoms with Gasteiger partial charge in [-0.2, -0.15) is 0 Å². The highest BCUT2D eigenvalue weighted by atomic mass is 16.5. The lowest BCUT2D eigenvalue weighted by molar-refractivity contribution is 0.0615. The predicted molar refractivity (Wildman–Crippen MR) is 132 cm³/mol. The van der Waals surface area contributed by atoms with Crippen LogP contribution in [0.2, 0.25) is 0 Å². The van der Waals surface area contributed by atoms with Gasteiger partial charge in [-0.05, 0) is 50.1 Å². The average molecular weight is 464 g/mol. The second kappa shape index (κ2) is 10.1. The van der Waals surface area contributed by atoms with Crippen LogP contribution >= 0.6 is 0 Å². The lowest BCUT2D eigenvalue weighted by Crippen LogP contribution is -2.49. The van der Waals surface area contributed by atoms with E-state index in [0.717, 1.165) is 42.1 Å². The summed E-state index contributed by atoms with van der Waals surface area (Å²) in [4.78, 5) is 35.2. The fraction of sp³-hybridized carbons (Fsp3) is 0.444. The molecule has 2 aromatic rings. The number of rotatable bonds is 7. The first-order valence-electron chi connectivity index (χ1n) is 11.8. The number of ether oxygens (including phenoxy) is 1. The maximum atomic E-state index is 13.3. The molecule has 1 N–H and O–H groups in total. The van der Waals surface area contributed by atoms with E-state index in [1.165, 1.54) is 0 Å². The number of amides is 1. The van der Waals surface area contributed by atoms with Crippen LogP contribution in [0, 0.1) is 0 Å². The van der Waals surface area contributed by atoms with E-state index < -0.39 is 0 Å². The van der Waals surface area contributed by atoms with E-state index in [1.54, 1.807) is 31.4 Å². The van der Waals surface area contributed by atoms with E-state index in [1.807, 2.05) is 17.0 Å². The number of piperazine rings is 1. The Balaban J connectivity index is 1.51. The number of methoxy groups -OCH3 is 1. The summed E-state index contributed by atoms with van der Waals surface area (Å²) in [7, 11) is 1.63. The Kier molecular flexibility index (Phi) is 7.14. The first-order chi connectivity index (χ1) is 16.3. The largest absolute Gasteiger partial charge is 0.497 e. The second-order valence-corrected chi connectivity index (χ2v) is 9.61. The number of carbonyl (C=O) groups excluding carboxylic acids is 2. The molecule has 0 atom stereocenters. The number of aliphatic imine (C=N–C) groups is 1. The summed E-state index contributed by atoms with van der Waals surface area (Å²) < 4.78 is 5.39. The highest BCUT2D eigenvalue weighted by molar-refractivity contribution is 6.17. The number of hydrogen-bond donors (Lipinski definition) is 1. The molecule has 4 rings (SSSR count). The van der Waals surface area contributed by atoms with E-state index in [0.29, 0.717) is 30.8 Å². The van der Waals surface area contributed by atoms with Gasteiger partial charge in [0.05, 0.1) is 31.4 Å². The minimum absolute atomic E-state index is 0.0624. The molecule has 2 aliphatic rings. The number of fused-ring (bicyclic) bond motifs is 1. The first-order valence-corrected chi connectivity index (χ1v) is 11.8. The van der Waals surface area contributed by atoms with Crippen molar-refractivity contribution >= 4 is 17.4 Å². The number of Topliss-reactive ketones (excluding diaryl/α,β-unsaturated/α-hetero) is 1. The molecule has 2 heterocycles. The van der Waals surface area contributed by atoms with Gasteiger partial charge in [-0.15, -0.1) is 0 Å². The molecule has 34 heavy (non-hydrogen) atoms. The van der Waals surface area contributed by atoms with Crippen LogP contribution in [0.25, 0.3) is 0 Å². The molecule has 1 amide bonds. The SMILES string of the molecule is COc1ccc2c(c1)C(CC(=O)c1cccc(C(=O)N3CCN(CCO)CC3)c1)=NC(C)(C)C2. The summed E-state index contributed by atoms with van der Waals surface area (Å²) in [6, 6.07) is 12.9. The summed E-state index contributed by atoms with van der Waals surface area (Å²) in [6.07, 6.45) is 0.973. The highest BCUT2D eigenvalue weighted by Crippen LogP contribution is 2.31. The zero-order valence-electron chi connectivity index (χ0n) is 20.2. The third-order valence-electron chi connectivity index (χ3n) is 6.52. The zero-order valence-corrected chi connectivity index (χ0v) is 20.2. The Labute approximate surface area is 201 Å². The van der Waals surface area contributed by atoms with Crippen molar-refractivity contribution in [2.75, 3.05) is 46.4 Å². The van der Waals surface area contributed by atoms with E-state index >= 15 is 0 Å². The number of β-amino-alcohol motifs (C(OH)–C–C–N with tert-alkyl or cyclic N) is 1. The summed E-state index contributed by atoms with van der Waals surface area (Å²) in [6.45, 7) is 7.60. The van der Waals surface area contributed by atoms with Crippen LogP contribution in [0.1, 0.15) is 52.1 Å². The van der Waals surface area contributed by atoms with Gasteiger partial charge >= 0.3 is 0 Å². The number of aliphatic hydroxyl groups excluding tert-OH is 1. The number of hydrogen-bond acceptors (Lipinski definition) is 6. The molecule has 0 aliphatic carbocycles. The number of carbonyl (C=O) groups is 2. The van der Waals surface area contributed by atoms with Crippen molar-refractivity contribution in [3.05, 3.63) is 64.7 Å². The molecule has 2 aromatic carbocycles. The Morgan fingerprint density at radius 1 is 1.06 bits per heavy atom. The second-order valence-electron chi connectivity index (χ2n) is 9.61. The normalized spacial score (nSPS) is 17.6. The molecule has 2 aliphatic heterocycles. The number of ketones is 1. The van der Waals surface area contributed by atoms with Gasteiger partial charge in [0.25, 0.3) is 5.91 Å². The molecular weight excluding hydrogens is 430 g/mol. The summed E-state index contributed by atoms with van der Waals surface area (Å²) in [5, 5.41) is 9.11. The molecule has 0 aromatic heterocycles. The minimum atomic E-state index is -0.285. The fourth-order valence-corrected chi connectivity index (χ4v) is 4.75. The molecule has 1 fully saturated rings. The van der Waals surface area contributed by atoms with E-state index in [9.17, 15) is 9.59 Å². The topological polar surface area (TPSA) is 82.4 Å². The third kappa shape index (κ3) is 5.37. The zero-order chi connectivity index (χ0) is 24.3. The molecule has 7 heteroatoms. The monoisotopic (exact) mass is 463 g/mol. The van der Waals surface area contributed by atoms with Crippen molar-refractivity contribution in [2.24, 2.45) is 4.99 Å². The highest BCUT2D eigenvalue weighted by Gasteiger charge is 2.29. The maximum Gasteiger partial charge on any atom is 0.253 e. The molecule has 7 nitrogen and oxygen atoms in total. The van der Waals surface area contributed by atoms with Crippen LogP contribution < -0.4 is 4.74 Å². The van der Waals surface area contributed by atoms with Crippen LogP contribution in [-0.4, -0.2) is 84.3 Å². The number of benzene rings is 2. The Morgan fingerprint density at radius 3 is 2.50 bits per heavy atom. The Hall–Kier alpha value is -3.03. The smallest absolute Gasteiger partial charge is 0.253 e. The molecule has 1 saturated heterocycles. The van der Waals surface area contributed by atoms with Crippen molar-refractivity contribution in [1.29, 1.82) is 0 Å². The van der Waals surface area contributed by atoms with Crippen molar-refractivity contribution in [3.8, 4) is 5.75 Å². The Morgan fingerprint density at radius 2 is 1.79 bits per heavy atom. The van der Waals surface area contributed by atoms with Crippen molar-refractivity contribution < 1.29 is 19.4 Å². The number of nitrogens with zero attached hydrogens (tertiary/aromatic N) is 3. The molecule has 0 saturated carbocycles. The van der Waals surface area contributed by atoms with Crippen LogP contribution in [0.4, 0.5) is 0 Å². The van der Waals surface area contributed by atoms with Crippen LogP contribution in [0.3, 0.4) is 0 Å². The maximum absolute atomic E-state index is 13.3. The van der Waals surface area contributed by atoms with Gasteiger partial charge in [0.15, 0.2) is 5.78 Å². The van der Waals surface area contributed by atoms with Gasteiger partial charge in [0.2, 0.25) is 0 Å². The molecule has 0 radical (unpaired) electrons. The van der Waals surface area contributed by atoms with Gasteiger partial charge in [0.1, 0.15) is 5.75 Å². The molecule has 0 spiro atoms. The first kappa shape index (κ1) is 24.1. The van der Waals surface area contributed by atoms with E-state index in [4.69, 9.17) is 14.8 Å². The van der Waals surface area contributed by atoms with Crippen LogP contribution in [-0.2, 0) is 6.42 Å². The molecular formula is C27H33N3O4. The van der Waals surface area contributed by atoms with Crippen molar-refractivity contribution in [2.45, 2.75) is 32.2 Å². The Bertz CT molecular complexity index is 1100. The predicted octanol–water partition coefficient (Wildman–Crippen LogP) is 2.84. The van der Waals surface area contributed by atoms with Gasteiger partial charge in [-0.3, -0.25) is 19.5 Å². The summed E-state index contributed by atoms with van der Waals surface area (Å²) in [5.74, 6) is 0.613. The standard InChI is InChI=1S/C27H33N3O4/c1-27(2)18-21-7-8-22(34-3)16-23(21)24(28-27)17-25(32)19-5-4-6-20(15-19)26(33)30-11-9-29(10-12-30)13-14-31/h4-8,15-16,31H,9-14,17-18H2,1-3H3. The van der Waals surface area contributed by atoms with Gasteiger partial charge in [-0.1, -0.05) is 18.2 Å². The van der Waals surface area contributed by atoms with E-state index in [-0.39, 0.29) is 30.3 Å². The van der Waals surface area contributed by atoms with Crippen LogP contribution in [0.5, 0.6) is 5.75 Å².